The van der Waals surface area contributed by atoms with Gasteiger partial charge in [0.1, 0.15) is 0 Å². The first-order chi connectivity index (χ1) is 8.77. The summed E-state index contributed by atoms with van der Waals surface area (Å²) in [5.41, 5.74) is 3.67. The number of nitrogens with zero attached hydrogens (tertiary/aromatic N) is 1. The SMILES string of the molecule is C=C(C)CCNCCc1cccc2cccnc12. The van der Waals surface area contributed by atoms with Crippen LogP contribution in [0.3, 0.4) is 0 Å². The minimum absolute atomic E-state index is 0.989. The highest BCUT2D eigenvalue weighted by Crippen LogP contribution is 2.15. The number of hydrogen-bond acceptors (Lipinski definition) is 2. The van der Waals surface area contributed by atoms with E-state index in [9.17, 15) is 0 Å². The molecule has 2 heteroatoms. The standard InChI is InChI=1S/C16H20N2/c1-13(2)8-11-17-12-9-15-6-3-5-14-7-4-10-18-16(14)15/h3-7,10,17H,1,8-9,11-12H2,2H3. The van der Waals surface area contributed by atoms with Crippen LogP contribution in [0.2, 0.25) is 0 Å². The zero-order valence-corrected chi connectivity index (χ0v) is 10.9. The number of pyridine rings is 1. The summed E-state index contributed by atoms with van der Waals surface area (Å²) < 4.78 is 0. The van der Waals surface area contributed by atoms with Crippen LogP contribution in [0.25, 0.3) is 10.9 Å². The van der Waals surface area contributed by atoms with Gasteiger partial charge in [0.15, 0.2) is 0 Å². The number of aromatic nitrogens is 1. The summed E-state index contributed by atoms with van der Waals surface area (Å²) in [7, 11) is 0. The van der Waals surface area contributed by atoms with Gasteiger partial charge in [0.25, 0.3) is 0 Å². The van der Waals surface area contributed by atoms with E-state index in [-0.39, 0.29) is 0 Å². The van der Waals surface area contributed by atoms with Gasteiger partial charge < -0.3 is 5.32 Å². The van der Waals surface area contributed by atoms with Crippen LogP contribution >= 0.6 is 0 Å². The molecule has 0 saturated heterocycles. The van der Waals surface area contributed by atoms with E-state index in [2.05, 4.69) is 48.1 Å². The number of fused-ring (bicyclic) bond motifs is 1. The molecule has 1 heterocycles. The lowest BCUT2D eigenvalue weighted by Crippen LogP contribution is -2.18. The Hall–Kier alpha value is -1.67. The van der Waals surface area contributed by atoms with Crippen LogP contribution in [-0.2, 0) is 6.42 Å². The Kier molecular flexibility index (Phi) is 4.48. The Morgan fingerprint density at radius 1 is 1.22 bits per heavy atom. The fourth-order valence-corrected chi connectivity index (χ4v) is 2.02. The van der Waals surface area contributed by atoms with Crippen molar-refractivity contribution < 1.29 is 0 Å². The normalized spacial score (nSPS) is 10.7. The minimum atomic E-state index is 0.989. The van der Waals surface area contributed by atoms with E-state index in [1.165, 1.54) is 16.5 Å². The number of hydrogen-bond donors (Lipinski definition) is 1. The molecule has 2 aromatic rings. The van der Waals surface area contributed by atoms with E-state index in [4.69, 9.17) is 0 Å². The van der Waals surface area contributed by atoms with Gasteiger partial charge >= 0.3 is 0 Å². The fourth-order valence-electron chi connectivity index (χ4n) is 2.02. The smallest absolute Gasteiger partial charge is 0.0734 e. The summed E-state index contributed by atoms with van der Waals surface area (Å²) in [6, 6.07) is 10.5. The van der Waals surface area contributed by atoms with E-state index in [0.717, 1.165) is 31.4 Å². The lowest BCUT2D eigenvalue weighted by atomic mass is 10.1. The van der Waals surface area contributed by atoms with Gasteiger partial charge in [0, 0.05) is 11.6 Å². The van der Waals surface area contributed by atoms with Gasteiger partial charge in [0.05, 0.1) is 5.52 Å². The molecule has 0 atom stereocenters. The van der Waals surface area contributed by atoms with Crippen molar-refractivity contribution in [3.8, 4) is 0 Å². The molecule has 1 N–H and O–H groups in total. The maximum atomic E-state index is 4.47. The third-order valence-electron chi connectivity index (χ3n) is 3.02. The molecule has 2 rings (SSSR count). The topological polar surface area (TPSA) is 24.9 Å². The van der Waals surface area contributed by atoms with Gasteiger partial charge in [0.2, 0.25) is 0 Å². The van der Waals surface area contributed by atoms with E-state index < -0.39 is 0 Å². The van der Waals surface area contributed by atoms with Gasteiger partial charge in [-0.2, -0.15) is 0 Å². The van der Waals surface area contributed by atoms with Crippen LogP contribution < -0.4 is 5.32 Å². The second-order valence-electron chi connectivity index (χ2n) is 4.70. The molecule has 18 heavy (non-hydrogen) atoms. The number of rotatable bonds is 6. The molecule has 0 aliphatic heterocycles. The molecule has 0 saturated carbocycles. The lowest BCUT2D eigenvalue weighted by molar-refractivity contribution is 0.681. The molecular formula is C16H20N2. The fraction of sp³-hybridized carbons (Fsp3) is 0.312. The molecule has 0 radical (unpaired) electrons. The molecule has 94 valence electrons. The highest BCUT2D eigenvalue weighted by atomic mass is 14.8. The van der Waals surface area contributed by atoms with Gasteiger partial charge in [-0.25, -0.2) is 0 Å². The predicted molar refractivity (Wildman–Crippen MR) is 77.7 cm³/mol. The molecular weight excluding hydrogens is 220 g/mol. The Morgan fingerprint density at radius 3 is 2.89 bits per heavy atom. The average molecular weight is 240 g/mol. The van der Waals surface area contributed by atoms with Crippen molar-refractivity contribution in [2.24, 2.45) is 0 Å². The van der Waals surface area contributed by atoms with Crippen molar-refractivity contribution in [1.29, 1.82) is 0 Å². The summed E-state index contributed by atoms with van der Waals surface area (Å²) in [5, 5.41) is 4.66. The Morgan fingerprint density at radius 2 is 2.06 bits per heavy atom. The Balaban J connectivity index is 1.93. The van der Waals surface area contributed by atoms with Crippen molar-refractivity contribution >= 4 is 10.9 Å². The molecule has 0 amide bonds. The van der Waals surface area contributed by atoms with Crippen molar-refractivity contribution in [1.82, 2.24) is 10.3 Å². The monoisotopic (exact) mass is 240 g/mol. The van der Waals surface area contributed by atoms with Crippen molar-refractivity contribution in [2.45, 2.75) is 19.8 Å². The number of benzene rings is 1. The van der Waals surface area contributed by atoms with Gasteiger partial charge in [-0.3, -0.25) is 4.98 Å². The lowest BCUT2D eigenvalue weighted by Gasteiger charge is -2.07. The third-order valence-corrected chi connectivity index (χ3v) is 3.02. The van der Waals surface area contributed by atoms with Crippen LogP contribution in [-0.4, -0.2) is 18.1 Å². The van der Waals surface area contributed by atoms with Crippen LogP contribution in [0.15, 0.2) is 48.7 Å². The summed E-state index contributed by atoms with van der Waals surface area (Å²) in [4.78, 5) is 4.47. The quantitative estimate of drug-likeness (QED) is 0.619. The highest BCUT2D eigenvalue weighted by Gasteiger charge is 2.00. The third kappa shape index (κ3) is 3.41. The van der Waals surface area contributed by atoms with Gasteiger partial charge in [-0.15, -0.1) is 6.58 Å². The zero-order chi connectivity index (χ0) is 12.8. The molecule has 0 aliphatic rings. The first-order valence-corrected chi connectivity index (χ1v) is 6.45. The Labute approximate surface area is 109 Å². The highest BCUT2D eigenvalue weighted by molar-refractivity contribution is 5.81. The molecule has 0 unspecified atom stereocenters. The average Bonchev–Trinajstić information content (AvgIpc) is 2.38. The first kappa shape index (κ1) is 12.8. The van der Waals surface area contributed by atoms with Crippen LogP contribution in [0, 0.1) is 0 Å². The molecule has 0 fully saturated rings. The predicted octanol–water partition coefficient (Wildman–Crippen LogP) is 3.33. The van der Waals surface area contributed by atoms with Crippen molar-refractivity contribution in [3.63, 3.8) is 0 Å². The summed E-state index contributed by atoms with van der Waals surface area (Å²) in [5.74, 6) is 0. The van der Waals surface area contributed by atoms with E-state index in [1.807, 2.05) is 12.3 Å². The zero-order valence-electron chi connectivity index (χ0n) is 10.9. The minimum Gasteiger partial charge on any atom is -0.316 e. The van der Waals surface area contributed by atoms with E-state index in [0.29, 0.717) is 0 Å². The van der Waals surface area contributed by atoms with Crippen molar-refractivity contribution in [3.05, 3.63) is 54.2 Å². The van der Waals surface area contributed by atoms with E-state index >= 15 is 0 Å². The van der Waals surface area contributed by atoms with Gasteiger partial charge in [-0.05, 0) is 44.5 Å². The second-order valence-corrected chi connectivity index (χ2v) is 4.70. The van der Waals surface area contributed by atoms with Crippen LogP contribution in [0.1, 0.15) is 18.9 Å². The van der Waals surface area contributed by atoms with Crippen LogP contribution in [0.4, 0.5) is 0 Å². The Bertz CT molecular complexity index is 526. The maximum Gasteiger partial charge on any atom is 0.0734 e. The van der Waals surface area contributed by atoms with Crippen molar-refractivity contribution in [2.75, 3.05) is 13.1 Å². The summed E-state index contributed by atoms with van der Waals surface area (Å²) >= 11 is 0. The van der Waals surface area contributed by atoms with E-state index in [1.54, 1.807) is 0 Å². The second kappa shape index (κ2) is 6.31. The molecule has 0 bridgehead atoms. The summed E-state index contributed by atoms with van der Waals surface area (Å²) in [6.07, 6.45) is 3.93. The number of nitrogens with one attached hydrogen (secondary N) is 1. The van der Waals surface area contributed by atoms with Gasteiger partial charge in [-0.1, -0.05) is 29.8 Å². The first-order valence-electron chi connectivity index (χ1n) is 6.45. The molecule has 1 aromatic carbocycles. The summed E-state index contributed by atoms with van der Waals surface area (Å²) in [6.45, 7) is 7.96. The molecule has 0 aliphatic carbocycles. The van der Waals surface area contributed by atoms with Crippen LogP contribution in [0.5, 0.6) is 0 Å². The molecule has 1 aromatic heterocycles. The maximum absolute atomic E-state index is 4.47. The largest absolute Gasteiger partial charge is 0.316 e. The molecule has 0 spiro atoms. The number of para-hydroxylation sites is 1. The molecule has 2 nitrogen and oxygen atoms in total.